The lowest BCUT2D eigenvalue weighted by atomic mass is 10.2. The molecule has 0 saturated carbocycles. The first-order valence-electron chi connectivity index (χ1n) is 5.42. The van der Waals surface area contributed by atoms with Gasteiger partial charge in [0.2, 0.25) is 0 Å². The molecule has 1 rings (SSSR count). The van der Waals surface area contributed by atoms with Gasteiger partial charge in [-0.05, 0) is 49.0 Å². The number of unbranched alkanes of at least 4 members (excludes halogenated alkanes) is 2. The average Bonchev–Trinajstić information content (AvgIpc) is 2.25. The van der Waals surface area contributed by atoms with Crippen LogP contribution in [0.25, 0.3) is 0 Å². The van der Waals surface area contributed by atoms with E-state index in [4.69, 9.17) is 5.11 Å². The molecule has 0 fully saturated rings. The number of aryl methyl sites for hydroxylation is 1. The van der Waals surface area contributed by atoms with E-state index in [1.807, 2.05) is 13.8 Å². The van der Waals surface area contributed by atoms with Crippen LogP contribution in [-0.2, 0) is 6.54 Å². The molecule has 90 valence electrons. The first kappa shape index (κ1) is 13.4. The number of nitrogens with zero attached hydrogens (tertiary/aromatic N) is 2. The molecule has 0 aliphatic heterocycles. The second kappa shape index (κ2) is 6.15. The molecule has 0 amide bonds. The Labute approximate surface area is 103 Å². The zero-order valence-corrected chi connectivity index (χ0v) is 11.2. The van der Waals surface area contributed by atoms with E-state index >= 15 is 0 Å². The number of halogens is 1. The first-order valence-corrected chi connectivity index (χ1v) is 6.21. The maximum Gasteiger partial charge on any atom is 0.348 e. The average molecular weight is 289 g/mol. The molecule has 0 saturated heterocycles. The third kappa shape index (κ3) is 3.15. The molecular formula is C11H17BrN2O2. The highest BCUT2D eigenvalue weighted by Crippen LogP contribution is 2.16. The minimum absolute atomic E-state index is 0.192. The van der Waals surface area contributed by atoms with Crippen LogP contribution in [0.5, 0.6) is 0 Å². The Bertz CT molecular complexity index is 415. The van der Waals surface area contributed by atoms with Crippen molar-refractivity contribution in [1.82, 2.24) is 9.55 Å². The van der Waals surface area contributed by atoms with Gasteiger partial charge in [-0.15, -0.1) is 0 Å². The summed E-state index contributed by atoms with van der Waals surface area (Å²) in [6.07, 6.45) is 2.60. The molecule has 1 N–H and O–H groups in total. The maximum atomic E-state index is 11.7. The Morgan fingerprint density at radius 1 is 1.31 bits per heavy atom. The monoisotopic (exact) mass is 288 g/mol. The van der Waals surface area contributed by atoms with Gasteiger partial charge in [-0.25, -0.2) is 4.79 Å². The number of hydrogen-bond acceptors (Lipinski definition) is 3. The van der Waals surface area contributed by atoms with Crippen LogP contribution in [-0.4, -0.2) is 21.3 Å². The largest absolute Gasteiger partial charge is 0.396 e. The highest BCUT2D eigenvalue weighted by Gasteiger charge is 2.08. The van der Waals surface area contributed by atoms with E-state index in [1.165, 1.54) is 0 Å². The van der Waals surface area contributed by atoms with Gasteiger partial charge in [0.25, 0.3) is 0 Å². The number of aliphatic hydroxyl groups is 1. The van der Waals surface area contributed by atoms with Crippen molar-refractivity contribution in [1.29, 1.82) is 0 Å². The van der Waals surface area contributed by atoms with Gasteiger partial charge in [0.15, 0.2) is 0 Å². The Balaban J connectivity index is 2.80. The third-order valence-corrected chi connectivity index (χ3v) is 3.72. The molecule has 16 heavy (non-hydrogen) atoms. The minimum Gasteiger partial charge on any atom is -0.396 e. The molecular weight excluding hydrogens is 272 g/mol. The predicted octanol–water partition coefficient (Wildman–Crippen LogP) is 1.79. The second-order valence-corrected chi connectivity index (χ2v) is 4.61. The standard InChI is InChI=1S/C11H17BrN2O2/c1-8-10(12)9(2)14(11(16)13-8)6-4-3-5-7-15/h15H,3-7H2,1-2H3. The third-order valence-electron chi connectivity index (χ3n) is 2.57. The van der Waals surface area contributed by atoms with Crippen LogP contribution in [0.2, 0.25) is 0 Å². The normalized spacial score (nSPS) is 10.8. The van der Waals surface area contributed by atoms with Gasteiger partial charge in [0, 0.05) is 18.8 Å². The minimum atomic E-state index is -0.192. The van der Waals surface area contributed by atoms with Crippen molar-refractivity contribution in [2.24, 2.45) is 0 Å². The Hall–Kier alpha value is -0.680. The summed E-state index contributed by atoms with van der Waals surface area (Å²) in [4.78, 5) is 15.6. The van der Waals surface area contributed by atoms with Gasteiger partial charge in [-0.1, -0.05) is 0 Å². The summed E-state index contributed by atoms with van der Waals surface area (Å²) in [5.41, 5.74) is 1.46. The summed E-state index contributed by atoms with van der Waals surface area (Å²) in [5.74, 6) is 0. The molecule has 1 aromatic heterocycles. The number of aliphatic hydroxyl groups excluding tert-OH is 1. The fraction of sp³-hybridized carbons (Fsp3) is 0.636. The van der Waals surface area contributed by atoms with E-state index in [9.17, 15) is 4.79 Å². The fourth-order valence-corrected chi connectivity index (χ4v) is 1.90. The molecule has 0 bridgehead atoms. The molecule has 0 atom stereocenters. The van der Waals surface area contributed by atoms with Gasteiger partial charge in [-0.2, -0.15) is 4.98 Å². The van der Waals surface area contributed by atoms with E-state index in [2.05, 4.69) is 20.9 Å². The van der Waals surface area contributed by atoms with Crippen molar-refractivity contribution >= 4 is 15.9 Å². The lowest BCUT2D eigenvalue weighted by Crippen LogP contribution is -2.26. The zero-order valence-electron chi connectivity index (χ0n) is 9.66. The predicted molar refractivity (Wildman–Crippen MR) is 66.6 cm³/mol. The van der Waals surface area contributed by atoms with E-state index < -0.39 is 0 Å². The Morgan fingerprint density at radius 2 is 2.00 bits per heavy atom. The first-order chi connectivity index (χ1) is 7.57. The highest BCUT2D eigenvalue weighted by molar-refractivity contribution is 9.10. The maximum absolute atomic E-state index is 11.7. The number of aromatic nitrogens is 2. The summed E-state index contributed by atoms with van der Waals surface area (Å²) in [7, 11) is 0. The van der Waals surface area contributed by atoms with Crippen molar-refractivity contribution in [3.05, 3.63) is 26.3 Å². The quantitative estimate of drug-likeness (QED) is 0.841. The van der Waals surface area contributed by atoms with E-state index in [-0.39, 0.29) is 12.3 Å². The van der Waals surface area contributed by atoms with Crippen molar-refractivity contribution < 1.29 is 5.11 Å². The zero-order chi connectivity index (χ0) is 12.1. The van der Waals surface area contributed by atoms with E-state index in [0.29, 0.717) is 6.54 Å². The molecule has 0 aliphatic carbocycles. The molecule has 0 spiro atoms. The van der Waals surface area contributed by atoms with Gasteiger partial charge >= 0.3 is 5.69 Å². The van der Waals surface area contributed by atoms with Gasteiger partial charge < -0.3 is 5.11 Å². The highest BCUT2D eigenvalue weighted by atomic mass is 79.9. The smallest absolute Gasteiger partial charge is 0.348 e. The summed E-state index contributed by atoms with van der Waals surface area (Å²) >= 11 is 3.42. The molecule has 0 aliphatic rings. The second-order valence-electron chi connectivity index (χ2n) is 3.82. The fourth-order valence-electron chi connectivity index (χ4n) is 1.60. The molecule has 0 unspecified atom stereocenters. The lowest BCUT2D eigenvalue weighted by Gasteiger charge is -2.11. The Kier molecular flexibility index (Phi) is 5.15. The molecule has 5 heteroatoms. The molecule has 0 aromatic carbocycles. The van der Waals surface area contributed by atoms with Crippen LogP contribution in [0, 0.1) is 13.8 Å². The van der Waals surface area contributed by atoms with Gasteiger partial charge in [0.05, 0.1) is 10.2 Å². The summed E-state index contributed by atoms with van der Waals surface area (Å²) in [6, 6.07) is 0. The van der Waals surface area contributed by atoms with Crippen molar-refractivity contribution in [3.8, 4) is 0 Å². The Morgan fingerprint density at radius 3 is 2.62 bits per heavy atom. The SMILES string of the molecule is Cc1nc(=O)n(CCCCCO)c(C)c1Br. The summed E-state index contributed by atoms with van der Waals surface area (Å²) in [6.45, 7) is 4.60. The molecule has 1 heterocycles. The van der Waals surface area contributed by atoms with Crippen molar-refractivity contribution in [2.45, 2.75) is 39.7 Å². The van der Waals surface area contributed by atoms with Crippen LogP contribution in [0.15, 0.2) is 9.27 Å². The topological polar surface area (TPSA) is 55.1 Å². The van der Waals surface area contributed by atoms with Crippen LogP contribution < -0.4 is 5.69 Å². The molecule has 1 aromatic rings. The molecule has 4 nitrogen and oxygen atoms in total. The van der Waals surface area contributed by atoms with Crippen LogP contribution in [0.4, 0.5) is 0 Å². The van der Waals surface area contributed by atoms with Gasteiger partial charge in [-0.3, -0.25) is 4.57 Å². The van der Waals surface area contributed by atoms with Crippen LogP contribution >= 0.6 is 15.9 Å². The molecule has 0 radical (unpaired) electrons. The van der Waals surface area contributed by atoms with Crippen LogP contribution in [0.3, 0.4) is 0 Å². The van der Waals surface area contributed by atoms with Crippen molar-refractivity contribution in [2.75, 3.05) is 6.61 Å². The number of hydrogen-bond donors (Lipinski definition) is 1. The summed E-state index contributed by atoms with van der Waals surface area (Å²) in [5, 5.41) is 8.66. The van der Waals surface area contributed by atoms with Gasteiger partial charge in [0.1, 0.15) is 0 Å². The van der Waals surface area contributed by atoms with Crippen molar-refractivity contribution in [3.63, 3.8) is 0 Å². The lowest BCUT2D eigenvalue weighted by molar-refractivity contribution is 0.281. The summed E-state index contributed by atoms with van der Waals surface area (Å²) < 4.78 is 2.57. The van der Waals surface area contributed by atoms with E-state index in [1.54, 1.807) is 4.57 Å². The number of rotatable bonds is 5. The van der Waals surface area contributed by atoms with Crippen LogP contribution in [0.1, 0.15) is 30.7 Å². The van der Waals surface area contributed by atoms with E-state index in [0.717, 1.165) is 35.1 Å².